The average molecular weight is 203 g/mol. The number of hydrogen-bond donors (Lipinski definition) is 1. The Hall–Kier alpha value is -2.10. The van der Waals surface area contributed by atoms with Crippen LogP contribution in [0.25, 0.3) is 11.3 Å². The predicted octanol–water partition coefficient (Wildman–Crippen LogP) is 2.35. The third-order valence-electron chi connectivity index (χ3n) is 2.17. The topological polar surface area (TPSA) is 63.3 Å². The Kier molecular flexibility index (Phi) is 2.25. The highest BCUT2D eigenvalue weighted by Gasteiger charge is 2.08. The maximum absolute atomic E-state index is 10.7. The van der Waals surface area contributed by atoms with Gasteiger partial charge in [-0.1, -0.05) is 6.07 Å². The van der Waals surface area contributed by atoms with Crippen molar-refractivity contribution in [3.63, 3.8) is 0 Å². The molecule has 1 heterocycles. The van der Waals surface area contributed by atoms with Gasteiger partial charge in [-0.3, -0.25) is 0 Å². The SMILES string of the molecule is Cc1cc(C(=O)O)ccc1-c1cnco1. The summed E-state index contributed by atoms with van der Waals surface area (Å²) in [6.07, 6.45) is 2.95. The smallest absolute Gasteiger partial charge is 0.335 e. The van der Waals surface area contributed by atoms with Gasteiger partial charge in [0.1, 0.15) is 0 Å². The van der Waals surface area contributed by atoms with Gasteiger partial charge in [-0.25, -0.2) is 9.78 Å². The third-order valence-corrected chi connectivity index (χ3v) is 2.17. The van der Waals surface area contributed by atoms with E-state index in [0.717, 1.165) is 11.1 Å². The first-order valence-corrected chi connectivity index (χ1v) is 4.41. The lowest BCUT2D eigenvalue weighted by atomic mass is 10.0. The van der Waals surface area contributed by atoms with E-state index in [1.807, 2.05) is 6.92 Å². The zero-order valence-corrected chi connectivity index (χ0v) is 8.10. The minimum absolute atomic E-state index is 0.274. The van der Waals surface area contributed by atoms with E-state index in [2.05, 4.69) is 4.98 Å². The molecule has 2 aromatic rings. The minimum atomic E-state index is -0.929. The van der Waals surface area contributed by atoms with E-state index < -0.39 is 5.97 Å². The summed E-state index contributed by atoms with van der Waals surface area (Å²) in [5.74, 6) is -0.286. The highest BCUT2D eigenvalue weighted by atomic mass is 16.4. The molecule has 0 bridgehead atoms. The van der Waals surface area contributed by atoms with Crippen LogP contribution in [0.3, 0.4) is 0 Å². The molecule has 0 radical (unpaired) electrons. The number of rotatable bonds is 2. The van der Waals surface area contributed by atoms with Crippen LogP contribution in [0.4, 0.5) is 0 Å². The highest BCUT2D eigenvalue weighted by Crippen LogP contribution is 2.23. The number of carbonyl (C=O) groups is 1. The second-order valence-electron chi connectivity index (χ2n) is 3.20. The number of hydrogen-bond acceptors (Lipinski definition) is 3. The number of carboxylic acids is 1. The van der Waals surface area contributed by atoms with Crippen molar-refractivity contribution in [3.05, 3.63) is 41.9 Å². The van der Waals surface area contributed by atoms with Gasteiger partial charge < -0.3 is 9.52 Å². The van der Waals surface area contributed by atoms with Gasteiger partial charge in [-0.05, 0) is 24.6 Å². The number of aryl methyl sites for hydroxylation is 1. The van der Waals surface area contributed by atoms with E-state index >= 15 is 0 Å². The molecule has 4 heteroatoms. The van der Waals surface area contributed by atoms with E-state index in [-0.39, 0.29) is 5.56 Å². The molecule has 4 nitrogen and oxygen atoms in total. The number of nitrogens with zero attached hydrogens (tertiary/aromatic N) is 1. The summed E-state index contributed by atoms with van der Waals surface area (Å²) in [4.78, 5) is 14.5. The molecule has 1 aromatic carbocycles. The lowest BCUT2D eigenvalue weighted by Gasteiger charge is -2.02. The number of oxazole rings is 1. The number of aromatic carboxylic acids is 1. The highest BCUT2D eigenvalue weighted by molar-refractivity contribution is 5.88. The first-order valence-electron chi connectivity index (χ1n) is 4.41. The first-order chi connectivity index (χ1) is 7.18. The van der Waals surface area contributed by atoms with Crippen LogP contribution in [-0.4, -0.2) is 16.1 Å². The molecule has 2 rings (SSSR count). The molecular weight excluding hydrogens is 194 g/mol. The number of carboxylic acid groups (broad SMARTS) is 1. The Morgan fingerprint density at radius 2 is 2.27 bits per heavy atom. The zero-order valence-electron chi connectivity index (χ0n) is 8.10. The zero-order chi connectivity index (χ0) is 10.8. The molecule has 0 fully saturated rings. The van der Waals surface area contributed by atoms with Gasteiger partial charge in [0.05, 0.1) is 11.8 Å². The van der Waals surface area contributed by atoms with Crippen LogP contribution in [0.5, 0.6) is 0 Å². The lowest BCUT2D eigenvalue weighted by molar-refractivity contribution is 0.0697. The van der Waals surface area contributed by atoms with Crippen molar-refractivity contribution < 1.29 is 14.3 Å². The Bertz CT molecular complexity index is 489. The largest absolute Gasteiger partial charge is 0.478 e. The van der Waals surface area contributed by atoms with Gasteiger partial charge in [0.15, 0.2) is 12.2 Å². The molecule has 1 N–H and O–H groups in total. The number of aromatic nitrogens is 1. The van der Waals surface area contributed by atoms with Crippen LogP contribution >= 0.6 is 0 Å². The van der Waals surface area contributed by atoms with Crippen LogP contribution in [0.1, 0.15) is 15.9 Å². The predicted molar refractivity (Wildman–Crippen MR) is 53.6 cm³/mol. The molecule has 0 aliphatic heterocycles. The number of benzene rings is 1. The van der Waals surface area contributed by atoms with E-state index in [0.29, 0.717) is 5.76 Å². The van der Waals surface area contributed by atoms with E-state index in [1.165, 1.54) is 6.39 Å². The van der Waals surface area contributed by atoms with Crippen LogP contribution < -0.4 is 0 Å². The fourth-order valence-electron chi connectivity index (χ4n) is 1.42. The summed E-state index contributed by atoms with van der Waals surface area (Å²) in [5.41, 5.74) is 1.99. The van der Waals surface area contributed by atoms with E-state index in [4.69, 9.17) is 9.52 Å². The second-order valence-corrected chi connectivity index (χ2v) is 3.20. The maximum Gasteiger partial charge on any atom is 0.335 e. The van der Waals surface area contributed by atoms with E-state index in [1.54, 1.807) is 24.4 Å². The van der Waals surface area contributed by atoms with Gasteiger partial charge >= 0.3 is 5.97 Å². The first kappa shape index (κ1) is 9.45. The Morgan fingerprint density at radius 1 is 1.47 bits per heavy atom. The molecule has 0 saturated carbocycles. The second kappa shape index (κ2) is 3.57. The van der Waals surface area contributed by atoms with Crippen molar-refractivity contribution in [3.8, 4) is 11.3 Å². The van der Waals surface area contributed by atoms with Gasteiger partial charge in [0.25, 0.3) is 0 Å². The maximum atomic E-state index is 10.7. The monoisotopic (exact) mass is 203 g/mol. The minimum Gasteiger partial charge on any atom is -0.478 e. The van der Waals surface area contributed by atoms with Crippen LogP contribution in [0.2, 0.25) is 0 Å². The van der Waals surface area contributed by atoms with Gasteiger partial charge in [0.2, 0.25) is 0 Å². The standard InChI is InChI=1S/C11H9NO3/c1-7-4-8(11(13)14)2-3-9(7)10-5-12-6-15-10/h2-6H,1H3,(H,13,14). The molecule has 0 amide bonds. The molecular formula is C11H9NO3. The van der Waals surface area contributed by atoms with Crippen LogP contribution in [-0.2, 0) is 0 Å². The molecule has 0 atom stereocenters. The van der Waals surface area contributed by atoms with Crippen molar-refractivity contribution in [2.45, 2.75) is 6.92 Å². The fourth-order valence-corrected chi connectivity index (χ4v) is 1.42. The molecule has 0 spiro atoms. The normalized spacial score (nSPS) is 10.2. The summed E-state index contributed by atoms with van der Waals surface area (Å²) in [6.45, 7) is 1.84. The summed E-state index contributed by atoms with van der Waals surface area (Å²) >= 11 is 0. The van der Waals surface area contributed by atoms with Crippen molar-refractivity contribution in [2.75, 3.05) is 0 Å². The lowest BCUT2D eigenvalue weighted by Crippen LogP contribution is -1.96. The summed E-state index contributed by atoms with van der Waals surface area (Å²) in [7, 11) is 0. The summed E-state index contributed by atoms with van der Waals surface area (Å²) < 4.78 is 5.14. The summed E-state index contributed by atoms with van der Waals surface area (Å²) in [6, 6.07) is 4.88. The molecule has 1 aromatic heterocycles. The van der Waals surface area contributed by atoms with Crippen molar-refractivity contribution in [2.24, 2.45) is 0 Å². The quantitative estimate of drug-likeness (QED) is 0.813. The van der Waals surface area contributed by atoms with Crippen molar-refractivity contribution in [1.82, 2.24) is 4.98 Å². The van der Waals surface area contributed by atoms with Crippen LogP contribution in [0, 0.1) is 6.92 Å². The average Bonchev–Trinajstić information content (AvgIpc) is 2.70. The van der Waals surface area contributed by atoms with Gasteiger partial charge in [-0.2, -0.15) is 0 Å². The van der Waals surface area contributed by atoms with Gasteiger partial charge in [0, 0.05) is 5.56 Å². The third kappa shape index (κ3) is 1.74. The molecule has 15 heavy (non-hydrogen) atoms. The molecule has 0 aliphatic rings. The fraction of sp³-hybridized carbons (Fsp3) is 0.0909. The van der Waals surface area contributed by atoms with Crippen LogP contribution in [0.15, 0.2) is 35.2 Å². The molecule has 0 aliphatic carbocycles. The molecule has 76 valence electrons. The Balaban J connectivity index is 2.48. The van der Waals surface area contributed by atoms with Crippen molar-refractivity contribution >= 4 is 5.97 Å². The Labute approximate surface area is 86.2 Å². The summed E-state index contributed by atoms with van der Waals surface area (Å²) in [5, 5.41) is 8.79. The molecule has 0 unspecified atom stereocenters. The molecule has 0 saturated heterocycles. The van der Waals surface area contributed by atoms with Crippen molar-refractivity contribution in [1.29, 1.82) is 0 Å². The van der Waals surface area contributed by atoms with E-state index in [9.17, 15) is 4.79 Å². The Morgan fingerprint density at radius 3 is 2.80 bits per heavy atom. The van der Waals surface area contributed by atoms with Gasteiger partial charge in [-0.15, -0.1) is 0 Å².